The van der Waals surface area contributed by atoms with Gasteiger partial charge >= 0.3 is 0 Å². The van der Waals surface area contributed by atoms with Crippen molar-refractivity contribution < 1.29 is 14.4 Å². The molecule has 0 saturated carbocycles. The predicted octanol–water partition coefficient (Wildman–Crippen LogP) is 6.33. The fraction of sp³-hybridized carbons (Fsp3) is 0.207. The van der Waals surface area contributed by atoms with Gasteiger partial charge in [0.25, 0.3) is 17.7 Å². The van der Waals surface area contributed by atoms with Gasteiger partial charge in [0.15, 0.2) is 0 Å². The summed E-state index contributed by atoms with van der Waals surface area (Å²) >= 11 is 6.29. The maximum Gasteiger partial charge on any atom is 0.283 e. The molecular formula is C29H28ClN3O3. The Morgan fingerprint density at radius 2 is 1.69 bits per heavy atom. The summed E-state index contributed by atoms with van der Waals surface area (Å²) in [6.07, 6.45) is 3.11. The van der Waals surface area contributed by atoms with Crippen LogP contribution in [0.1, 0.15) is 46.8 Å². The molecule has 0 spiro atoms. The first-order valence-electron chi connectivity index (χ1n) is 11.9. The number of hydrogen-bond donors (Lipinski definition) is 2. The Labute approximate surface area is 216 Å². The monoisotopic (exact) mass is 501 g/mol. The van der Waals surface area contributed by atoms with Crippen molar-refractivity contribution in [1.29, 1.82) is 0 Å². The molecule has 36 heavy (non-hydrogen) atoms. The van der Waals surface area contributed by atoms with E-state index in [9.17, 15) is 14.4 Å². The first-order valence-corrected chi connectivity index (χ1v) is 12.3. The average molecular weight is 502 g/mol. The van der Waals surface area contributed by atoms with Crippen molar-refractivity contribution >= 4 is 46.4 Å². The molecule has 0 radical (unpaired) electrons. The second kappa shape index (κ2) is 10.8. The van der Waals surface area contributed by atoms with E-state index in [0.717, 1.165) is 46.5 Å². The van der Waals surface area contributed by atoms with E-state index in [0.29, 0.717) is 16.9 Å². The Morgan fingerprint density at radius 3 is 2.42 bits per heavy atom. The van der Waals surface area contributed by atoms with Crippen LogP contribution < -0.4 is 15.5 Å². The number of nitrogens with zero attached hydrogens (tertiary/aromatic N) is 1. The number of imide groups is 1. The maximum absolute atomic E-state index is 13.1. The Balaban J connectivity index is 1.50. The van der Waals surface area contributed by atoms with E-state index in [2.05, 4.69) is 17.6 Å². The first-order chi connectivity index (χ1) is 17.3. The molecule has 0 bridgehead atoms. The van der Waals surface area contributed by atoms with Gasteiger partial charge in [0.1, 0.15) is 10.7 Å². The maximum atomic E-state index is 13.1. The summed E-state index contributed by atoms with van der Waals surface area (Å²) in [7, 11) is 0. The number of carbonyl (C=O) groups is 3. The van der Waals surface area contributed by atoms with Crippen LogP contribution in [0.3, 0.4) is 0 Å². The molecule has 0 aliphatic carbocycles. The van der Waals surface area contributed by atoms with Crippen LogP contribution >= 0.6 is 11.6 Å². The quantitative estimate of drug-likeness (QED) is 0.353. The molecule has 0 atom stereocenters. The third-order valence-electron chi connectivity index (χ3n) is 6.08. The molecule has 7 heteroatoms. The number of carbonyl (C=O) groups excluding carboxylic acids is 3. The predicted molar refractivity (Wildman–Crippen MR) is 144 cm³/mol. The SMILES string of the molecule is CCCCc1ccc(N2C(=O)C(Cl)=C(Nc3cccc(C(=O)Nc4cc(C)ccc4C)c3)C2=O)cc1. The molecule has 3 amide bonds. The van der Waals surface area contributed by atoms with E-state index in [4.69, 9.17) is 11.6 Å². The highest BCUT2D eigenvalue weighted by atomic mass is 35.5. The van der Waals surface area contributed by atoms with Crippen LogP contribution in [0.25, 0.3) is 0 Å². The number of unbranched alkanes of at least 4 members (excludes halogenated alkanes) is 1. The Hall–Kier alpha value is -3.90. The van der Waals surface area contributed by atoms with Crippen LogP contribution in [0, 0.1) is 13.8 Å². The zero-order valence-corrected chi connectivity index (χ0v) is 21.3. The smallest absolute Gasteiger partial charge is 0.283 e. The number of halogens is 1. The molecule has 2 N–H and O–H groups in total. The normalized spacial score (nSPS) is 13.4. The van der Waals surface area contributed by atoms with Crippen molar-refractivity contribution in [2.24, 2.45) is 0 Å². The van der Waals surface area contributed by atoms with Gasteiger partial charge in [0.2, 0.25) is 0 Å². The number of hydrogen-bond acceptors (Lipinski definition) is 4. The van der Waals surface area contributed by atoms with Crippen molar-refractivity contribution in [3.05, 3.63) is 99.7 Å². The Bertz CT molecular complexity index is 1360. The average Bonchev–Trinajstić information content (AvgIpc) is 3.08. The Kier molecular flexibility index (Phi) is 7.55. The number of nitrogens with one attached hydrogen (secondary N) is 2. The minimum atomic E-state index is -0.589. The lowest BCUT2D eigenvalue weighted by Gasteiger charge is -2.16. The lowest BCUT2D eigenvalue weighted by molar-refractivity contribution is -0.120. The minimum absolute atomic E-state index is 0.0242. The van der Waals surface area contributed by atoms with Crippen molar-refractivity contribution in [1.82, 2.24) is 0 Å². The van der Waals surface area contributed by atoms with E-state index in [1.54, 1.807) is 36.4 Å². The molecule has 0 aromatic heterocycles. The van der Waals surface area contributed by atoms with Gasteiger partial charge in [-0.1, -0.05) is 55.3 Å². The van der Waals surface area contributed by atoms with Gasteiger partial charge in [0, 0.05) is 16.9 Å². The van der Waals surface area contributed by atoms with Crippen LogP contribution in [0.15, 0.2) is 77.5 Å². The van der Waals surface area contributed by atoms with E-state index in [1.165, 1.54) is 0 Å². The van der Waals surface area contributed by atoms with Crippen molar-refractivity contribution in [3.63, 3.8) is 0 Å². The second-order valence-corrected chi connectivity index (χ2v) is 9.26. The lowest BCUT2D eigenvalue weighted by Crippen LogP contribution is -2.32. The molecule has 6 nitrogen and oxygen atoms in total. The van der Waals surface area contributed by atoms with Gasteiger partial charge < -0.3 is 10.6 Å². The molecule has 1 heterocycles. The number of anilines is 3. The van der Waals surface area contributed by atoms with Crippen LogP contribution in [0.2, 0.25) is 0 Å². The van der Waals surface area contributed by atoms with E-state index in [1.807, 2.05) is 44.2 Å². The molecule has 0 fully saturated rings. The van der Waals surface area contributed by atoms with Gasteiger partial charge in [-0.15, -0.1) is 0 Å². The minimum Gasteiger partial charge on any atom is -0.350 e. The van der Waals surface area contributed by atoms with E-state index in [-0.39, 0.29) is 16.6 Å². The molecule has 1 aliphatic rings. The summed E-state index contributed by atoms with van der Waals surface area (Å²) in [4.78, 5) is 39.9. The molecule has 184 valence electrons. The van der Waals surface area contributed by atoms with E-state index >= 15 is 0 Å². The Morgan fingerprint density at radius 1 is 0.944 bits per heavy atom. The summed E-state index contributed by atoms with van der Waals surface area (Å²) in [5.74, 6) is -1.42. The first kappa shape index (κ1) is 25.2. The lowest BCUT2D eigenvalue weighted by atomic mass is 10.1. The van der Waals surface area contributed by atoms with Crippen LogP contribution in [-0.2, 0) is 16.0 Å². The third-order valence-corrected chi connectivity index (χ3v) is 6.43. The zero-order valence-electron chi connectivity index (χ0n) is 20.5. The molecule has 0 saturated heterocycles. The topological polar surface area (TPSA) is 78.5 Å². The number of amides is 3. The summed E-state index contributed by atoms with van der Waals surface area (Å²) < 4.78 is 0. The highest BCUT2D eigenvalue weighted by Crippen LogP contribution is 2.30. The molecule has 0 unspecified atom stereocenters. The third kappa shape index (κ3) is 5.34. The van der Waals surface area contributed by atoms with Crippen molar-refractivity contribution in [3.8, 4) is 0 Å². The number of benzene rings is 3. The van der Waals surface area contributed by atoms with Gasteiger partial charge in [-0.2, -0.15) is 0 Å². The summed E-state index contributed by atoms with van der Waals surface area (Å²) in [5, 5.41) is 5.68. The molecule has 4 rings (SSSR count). The van der Waals surface area contributed by atoms with Crippen molar-refractivity contribution in [2.45, 2.75) is 40.0 Å². The molecular weight excluding hydrogens is 474 g/mol. The highest BCUT2D eigenvalue weighted by molar-refractivity contribution is 6.53. The fourth-order valence-electron chi connectivity index (χ4n) is 3.99. The van der Waals surface area contributed by atoms with Crippen LogP contribution in [-0.4, -0.2) is 17.7 Å². The standard InChI is InChI=1S/C29H28ClN3O3/c1-4-5-7-20-12-14-23(15-13-20)33-28(35)25(30)26(29(33)36)31-22-9-6-8-21(17-22)27(34)32-24-16-18(2)10-11-19(24)3/h6,8-17,31H,4-5,7H2,1-3H3,(H,32,34). The van der Waals surface area contributed by atoms with Gasteiger partial charge in [-0.25, -0.2) is 4.90 Å². The largest absolute Gasteiger partial charge is 0.350 e. The van der Waals surface area contributed by atoms with Crippen molar-refractivity contribution in [2.75, 3.05) is 15.5 Å². The van der Waals surface area contributed by atoms with Gasteiger partial charge in [0.05, 0.1) is 5.69 Å². The highest BCUT2D eigenvalue weighted by Gasteiger charge is 2.39. The summed E-state index contributed by atoms with van der Waals surface area (Å²) in [6.45, 7) is 6.02. The fourth-order valence-corrected chi connectivity index (χ4v) is 4.20. The number of aryl methyl sites for hydroxylation is 3. The number of rotatable bonds is 8. The zero-order chi connectivity index (χ0) is 25.8. The van der Waals surface area contributed by atoms with Gasteiger partial charge in [-0.3, -0.25) is 14.4 Å². The summed E-state index contributed by atoms with van der Waals surface area (Å²) in [6, 6.07) is 19.9. The van der Waals surface area contributed by atoms with Crippen LogP contribution in [0.4, 0.5) is 17.1 Å². The van der Waals surface area contributed by atoms with Crippen LogP contribution in [0.5, 0.6) is 0 Å². The summed E-state index contributed by atoms with van der Waals surface area (Å²) in [5.41, 5.74) is 5.17. The molecule has 3 aromatic carbocycles. The second-order valence-electron chi connectivity index (χ2n) is 8.88. The molecule has 1 aliphatic heterocycles. The van der Waals surface area contributed by atoms with Gasteiger partial charge in [-0.05, 0) is 79.8 Å². The van der Waals surface area contributed by atoms with E-state index < -0.39 is 11.8 Å². The molecule has 3 aromatic rings.